The monoisotopic (exact) mass is 284 g/mol. The van der Waals surface area contributed by atoms with Gasteiger partial charge in [-0.2, -0.15) is 0 Å². The maximum absolute atomic E-state index is 12.7. The summed E-state index contributed by atoms with van der Waals surface area (Å²) in [7, 11) is 0. The molecule has 20 heavy (non-hydrogen) atoms. The first-order valence-electron chi connectivity index (χ1n) is 7.39. The molecule has 6 heteroatoms. The molecule has 2 heterocycles. The Morgan fingerprint density at radius 3 is 2.50 bits per heavy atom. The summed E-state index contributed by atoms with van der Waals surface area (Å²) in [6.07, 6.45) is 3.15. The van der Waals surface area contributed by atoms with E-state index in [0.29, 0.717) is 32.6 Å². The lowest BCUT2D eigenvalue weighted by Crippen LogP contribution is -2.62. The molecule has 0 saturated carbocycles. The number of carbonyl (C=O) groups excluding carboxylic acids is 1. The van der Waals surface area contributed by atoms with Gasteiger partial charge >= 0.3 is 5.97 Å². The van der Waals surface area contributed by atoms with E-state index in [-0.39, 0.29) is 5.91 Å². The Morgan fingerprint density at radius 1 is 1.30 bits per heavy atom. The summed E-state index contributed by atoms with van der Waals surface area (Å²) >= 11 is 0. The fourth-order valence-corrected chi connectivity index (χ4v) is 3.09. The number of rotatable bonds is 4. The Labute approximate surface area is 119 Å². The van der Waals surface area contributed by atoms with Crippen LogP contribution < -0.4 is 10.6 Å². The van der Waals surface area contributed by atoms with E-state index in [4.69, 9.17) is 4.74 Å². The summed E-state index contributed by atoms with van der Waals surface area (Å²) in [4.78, 5) is 24.3. The first-order chi connectivity index (χ1) is 9.55. The number of ether oxygens (including phenoxy) is 1. The first kappa shape index (κ1) is 15.3. The molecule has 0 aliphatic carbocycles. The number of aliphatic carboxylic acids is 1. The number of carbonyl (C=O) groups is 2. The van der Waals surface area contributed by atoms with E-state index in [0.717, 1.165) is 25.8 Å². The van der Waals surface area contributed by atoms with Crippen molar-refractivity contribution in [3.05, 3.63) is 0 Å². The topological polar surface area (TPSA) is 87.7 Å². The molecule has 0 aromatic rings. The Kier molecular flexibility index (Phi) is 4.65. The van der Waals surface area contributed by atoms with E-state index in [1.54, 1.807) is 0 Å². The van der Waals surface area contributed by atoms with Crippen LogP contribution >= 0.6 is 0 Å². The number of carboxylic acid groups (broad SMARTS) is 1. The van der Waals surface area contributed by atoms with Gasteiger partial charge in [0.1, 0.15) is 5.54 Å². The van der Waals surface area contributed by atoms with Crippen molar-refractivity contribution in [3.63, 3.8) is 0 Å². The largest absolute Gasteiger partial charge is 0.480 e. The third-order valence-corrected chi connectivity index (χ3v) is 4.74. The van der Waals surface area contributed by atoms with Gasteiger partial charge in [0.2, 0.25) is 5.91 Å². The Hall–Kier alpha value is -1.14. The highest BCUT2D eigenvalue weighted by Crippen LogP contribution is 2.32. The molecule has 0 spiro atoms. The van der Waals surface area contributed by atoms with Crippen LogP contribution in [0.1, 0.15) is 39.0 Å². The van der Waals surface area contributed by atoms with E-state index >= 15 is 0 Å². The van der Waals surface area contributed by atoms with Gasteiger partial charge in [-0.15, -0.1) is 0 Å². The highest BCUT2D eigenvalue weighted by atomic mass is 16.5. The molecule has 2 aliphatic heterocycles. The van der Waals surface area contributed by atoms with Crippen molar-refractivity contribution < 1.29 is 19.4 Å². The Balaban J connectivity index is 2.13. The summed E-state index contributed by atoms with van der Waals surface area (Å²) in [5, 5.41) is 15.6. The third-order valence-electron chi connectivity index (χ3n) is 4.74. The van der Waals surface area contributed by atoms with Gasteiger partial charge < -0.3 is 20.5 Å². The van der Waals surface area contributed by atoms with Gasteiger partial charge in [0.05, 0.1) is 5.41 Å². The zero-order chi connectivity index (χ0) is 14.6. The van der Waals surface area contributed by atoms with Crippen molar-refractivity contribution in [1.29, 1.82) is 0 Å². The number of carboxylic acids is 1. The smallest absolute Gasteiger partial charge is 0.329 e. The molecule has 1 atom stereocenters. The molecular formula is C14H24N2O4. The lowest BCUT2D eigenvalue weighted by Gasteiger charge is -2.40. The summed E-state index contributed by atoms with van der Waals surface area (Å²) in [6, 6.07) is 0. The van der Waals surface area contributed by atoms with Crippen LogP contribution in [-0.2, 0) is 14.3 Å². The standard InChI is InChI=1S/C14H24N2O4/c1-2-13(4-3-7-15-10-13)11(17)16-14(12(18)19)5-8-20-9-6-14/h15H,2-10H2,1H3,(H,16,17)(H,18,19). The maximum atomic E-state index is 12.7. The molecule has 1 amide bonds. The van der Waals surface area contributed by atoms with Gasteiger partial charge in [0, 0.05) is 32.6 Å². The summed E-state index contributed by atoms with van der Waals surface area (Å²) in [5.74, 6) is -1.08. The second-order valence-corrected chi connectivity index (χ2v) is 5.87. The van der Waals surface area contributed by atoms with Gasteiger partial charge in [-0.1, -0.05) is 6.92 Å². The second-order valence-electron chi connectivity index (χ2n) is 5.87. The number of hydrogen-bond donors (Lipinski definition) is 3. The molecule has 1 unspecified atom stereocenters. The van der Waals surface area contributed by atoms with E-state index in [1.807, 2.05) is 6.92 Å². The van der Waals surface area contributed by atoms with Gasteiger partial charge in [-0.05, 0) is 25.8 Å². The minimum absolute atomic E-state index is 0.128. The lowest BCUT2D eigenvalue weighted by atomic mass is 9.76. The highest BCUT2D eigenvalue weighted by molar-refractivity contribution is 5.90. The number of nitrogens with one attached hydrogen (secondary N) is 2. The van der Waals surface area contributed by atoms with Crippen LogP contribution in [0.4, 0.5) is 0 Å². The predicted octanol–water partition coefficient (Wildman–Crippen LogP) is 0.516. The van der Waals surface area contributed by atoms with Crippen molar-refractivity contribution in [1.82, 2.24) is 10.6 Å². The number of hydrogen-bond acceptors (Lipinski definition) is 4. The zero-order valence-electron chi connectivity index (χ0n) is 12.0. The third kappa shape index (κ3) is 2.81. The van der Waals surface area contributed by atoms with E-state index in [1.165, 1.54) is 0 Å². The molecule has 0 bridgehead atoms. The number of amides is 1. The normalized spacial score (nSPS) is 29.6. The summed E-state index contributed by atoms with van der Waals surface area (Å²) < 4.78 is 5.23. The van der Waals surface area contributed by atoms with Crippen molar-refractivity contribution in [3.8, 4) is 0 Å². The molecule has 114 valence electrons. The van der Waals surface area contributed by atoms with Crippen LogP contribution in [0.5, 0.6) is 0 Å². The second kappa shape index (κ2) is 6.10. The van der Waals surface area contributed by atoms with E-state index < -0.39 is 16.9 Å². The van der Waals surface area contributed by atoms with E-state index in [2.05, 4.69) is 10.6 Å². The lowest BCUT2D eigenvalue weighted by molar-refractivity contribution is -0.154. The van der Waals surface area contributed by atoms with Crippen molar-refractivity contribution >= 4 is 11.9 Å². The summed E-state index contributed by atoms with van der Waals surface area (Å²) in [5.41, 5.74) is -1.63. The highest BCUT2D eigenvalue weighted by Gasteiger charge is 2.46. The van der Waals surface area contributed by atoms with E-state index in [9.17, 15) is 14.7 Å². The zero-order valence-corrected chi connectivity index (χ0v) is 12.0. The van der Waals surface area contributed by atoms with Crippen LogP contribution in [0.3, 0.4) is 0 Å². The molecule has 0 aromatic heterocycles. The van der Waals surface area contributed by atoms with Gasteiger partial charge in [-0.3, -0.25) is 4.79 Å². The van der Waals surface area contributed by atoms with Crippen LogP contribution in [-0.4, -0.2) is 48.8 Å². The Bertz CT molecular complexity index is 371. The molecule has 2 rings (SSSR count). The molecule has 2 fully saturated rings. The Morgan fingerprint density at radius 2 is 2.00 bits per heavy atom. The van der Waals surface area contributed by atoms with Crippen molar-refractivity contribution in [2.45, 2.75) is 44.6 Å². The molecule has 0 aromatic carbocycles. The maximum Gasteiger partial charge on any atom is 0.329 e. The minimum atomic E-state index is -1.16. The minimum Gasteiger partial charge on any atom is -0.480 e. The fraction of sp³-hybridized carbons (Fsp3) is 0.857. The van der Waals surface area contributed by atoms with Gasteiger partial charge in [-0.25, -0.2) is 4.79 Å². The van der Waals surface area contributed by atoms with Crippen LogP contribution in [0.2, 0.25) is 0 Å². The number of piperidine rings is 1. The molecule has 0 radical (unpaired) electrons. The average molecular weight is 284 g/mol. The molecule has 3 N–H and O–H groups in total. The van der Waals surface area contributed by atoms with Crippen LogP contribution in [0.15, 0.2) is 0 Å². The molecule has 2 saturated heterocycles. The van der Waals surface area contributed by atoms with Crippen molar-refractivity contribution in [2.24, 2.45) is 5.41 Å². The molecule has 6 nitrogen and oxygen atoms in total. The van der Waals surface area contributed by atoms with Gasteiger partial charge in [0.15, 0.2) is 0 Å². The molecular weight excluding hydrogens is 260 g/mol. The van der Waals surface area contributed by atoms with Crippen molar-refractivity contribution in [2.75, 3.05) is 26.3 Å². The first-order valence-corrected chi connectivity index (χ1v) is 7.39. The fourth-order valence-electron chi connectivity index (χ4n) is 3.09. The SMILES string of the molecule is CCC1(C(=O)NC2(C(=O)O)CCOCC2)CCCNC1. The quantitative estimate of drug-likeness (QED) is 0.700. The van der Waals surface area contributed by atoms with Crippen LogP contribution in [0.25, 0.3) is 0 Å². The van der Waals surface area contributed by atoms with Gasteiger partial charge in [0.25, 0.3) is 0 Å². The summed E-state index contributed by atoms with van der Waals surface area (Å²) in [6.45, 7) is 4.30. The molecule has 2 aliphatic rings. The predicted molar refractivity (Wildman–Crippen MR) is 73.4 cm³/mol. The average Bonchev–Trinajstić information content (AvgIpc) is 2.48. The van der Waals surface area contributed by atoms with Crippen LogP contribution in [0, 0.1) is 5.41 Å².